The number of carbonyl (C=O) groups is 1. The van der Waals surface area contributed by atoms with Gasteiger partial charge in [-0.2, -0.15) is 0 Å². The van der Waals surface area contributed by atoms with Gasteiger partial charge in [0.15, 0.2) is 0 Å². The Morgan fingerprint density at radius 1 is 1.20 bits per heavy atom. The smallest absolute Gasteiger partial charge is 0.120 e. The van der Waals surface area contributed by atoms with Crippen LogP contribution < -0.4 is 4.90 Å². The Hall–Kier alpha value is -1.31. The van der Waals surface area contributed by atoms with Crippen LogP contribution in [0.15, 0.2) is 24.3 Å². The number of rotatable bonds is 4. The molecule has 1 aliphatic heterocycles. The molecule has 80 valence electrons. The largest absolute Gasteiger partial charge is 0.371 e. The minimum Gasteiger partial charge on any atom is -0.371 e. The average Bonchev–Trinajstić information content (AvgIpc) is 2.80. The lowest BCUT2D eigenvalue weighted by molar-refractivity contribution is -0.107. The van der Waals surface area contributed by atoms with Crippen LogP contribution in [0.4, 0.5) is 5.69 Å². The number of anilines is 1. The molecule has 0 aliphatic carbocycles. The molecule has 1 aromatic carbocycles. The van der Waals surface area contributed by atoms with E-state index in [4.69, 9.17) is 0 Å². The summed E-state index contributed by atoms with van der Waals surface area (Å²) < 4.78 is 0. The summed E-state index contributed by atoms with van der Waals surface area (Å²) in [6.45, 7) is 2.33. The molecule has 0 aromatic heterocycles. The van der Waals surface area contributed by atoms with Crippen molar-refractivity contribution in [2.75, 3.05) is 18.0 Å². The van der Waals surface area contributed by atoms with E-state index in [-0.39, 0.29) is 0 Å². The maximum Gasteiger partial charge on any atom is 0.120 e. The third kappa shape index (κ3) is 2.38. The summed E-state index contributed by atoms with van der Waals surface area (Å²) in [6.07, 6.45) is 5.09. The molecule has 0 atom stereocenters. The lowest BCUT2D eigenvalue weighted by Crippen LogP contribution is -2.19. The lowest BCUT2D eigenvalue weighted by Gasteiger charge is -2.20. The van der Waals surface area contributed by atoms with Crippen molar-refractivity contribution in [3.05, 3.63) is 29.8 Å². The second-order valence-corrected chi connectivity index (χ2v) is 4.03. The number of aldehydes is 1. The molecule has 0 amide bonds. The highest BCUT2D eigenvalue weighted by molar-refractivity contribution is 5.57. The van der Waals surface area contributed by atoms with Gasteiger partial charge in [-0.15, -0.1) is 0 Å². The minimum absolute atomic E-state index is 0.630. The Morgan fingerprint density at radius 2 is 1.93 bits per heavy atom. The van der Waals surface area contributed by atoms with Gasteiger partial charge in [0.05, 0.1) is 0 Å². The highest BCUT2D eigenvalue weighted by Crippen LogP contribution is 2.25. The number of hydrogen-bond acceptors (Lipinski definition) is 2. The van der Waals surface area contributed by atoms with Gasteiger partial charge in [0, 0.05) is 25.2 Å². The summed E-state index contributed by atoms with van der Waals surface area (Å²) in [4.78, 5) is 12.8. The van der Waals surface area contributed by atoms with Crippen LogP contribution in [0.3, 0.4) is 0 Å². The van der Waals surface area contributed by atoms with E-state index in [2.05, 4.69) is 29.2 Å². The van der Waals surface area contributed by atoms with Crippen molar-refractivity contribution in [3.63, 3.8) is 0 Å². The Morgan fingerprint density at radius 3 is 2.67 bits per heavy atom. The molecule has 0 spiro atoms. The molecule has 0 bridgehead atoms. The fourth-order valence-electron chi connectivity index (χ4n) is 2.20. The second-order valence-electron chi connectivity index (χ2n) is 4.03. The Kier molecular flexibility index (Phi) is 3.38. The van der Waals surface area contributed by atoms with Crippen LogP contribution in [0.5, 0.6) is 0 Å². The van der Waals surface area contributed by atoms with Crippen molar-refractivity contribution >= 4 is 12.0 Å². The molecule has 1 aliphatic rings. The SMILES string of the molecule is O=CCCc1ccccc1N1CCCC1. The molecular weight excluding hydrogens is 186 g/mol. The first-order valence-electron chi connectivity index (χ1n) is 5.68. The quantitative estimate of drug-likeness (QED) is 0.700. The first-order chi connectivity index (χ1) is 7.42. The van der Waals surface area contributed by atoms with Crippen molar-refractivity contribution in [1.82, 2.24) is 0 Å². The summed E-state index contributed by atoms with van der Waals surface area (Å²) in [6, 6.07) is 8.44. The average molecular weight is 203 g/mol. The number of carbonyl (C=O) groups excluding carboxylic acids is 1. The van der Waals surface area contributed by atoms with Gasteiger partial charge in [0.1, 0.15) is 6.29 Å². The number of benzene rings is 1. The topological polar surface area (TPSA) is 20.3 Å². The van der Waals surface area contributed by atoms with Crippen molar-refractivity contribution in [1.29, 1.82) is 0 Å². The van der Waals surface area contributed by atoms with Gasteiger partial charge in [-0.3, -0.25) is 0 Å². The van der Waals surface area contributed by atoms with Crippen molar-refractivity contribution in [2.45, 2.75) is 25.7 Å². The van der Waals surface area contributed by atoms with Crippen LogP contribution >= 0.6 is 0 Å². The zero-order valence-electron chi connectivity index (χ0n) is 8.98. The number of nitrogens with zero attached hydrogens (tertiary/aromatic N) is 1. The molecule has 0 unspecified atom stereocenters. The summed E-state index contributed by atoms with van der Waals surface area (Å²) in [7, 11) is 0. The van der Waals surface area contributed by atoms with E-state index in [1.807, 2.05) is 0 Å². The van der Waals surface area contributed by atoms with Gasteiger partial charge in [-0.25, -0.2) is 0 Å². The van der Waals surface area contributed by atoms with Crippen LogP contribution in [-0.4, -0.2) is 19.4 Å². The molecule has 2 heteroatoms. The van der Waals surface area contributed by atoms with Gasteiger partial charge in [0.2, 0.25) is 0 Å². The van der Waals surface area contributed by atoms with Gasteiger partial charge in [-0.05, 0) is 30.9 Å². The maximum atomic E-state index is 10.4. The summed E-state index contributed by atoms with van der Waals surface area (Å²) in [5.74, 6) is 0. The normalized spacial score (nSPS) is 15.6. The zero-order valence-corrected chi connectivity index (χ0v) is 8.98. The molecule has 2 rings (SSSR count). The standard InChI is InChI=1S/C13H17NO/c15-11-5-7-12-6-1-2-8-13(12)14-9-3-4-10-14/h1-2,6,8,11H,3-5,7,9-10H2. The van der Waals surface area contributed by atoms with E-state index in [9.17, 15) is 4.79 Å². The van der Waals surface area contributed by atoms with Gasteiger partial charge in [-0.1, -0.05) is 18.2 Å². The lowest BCUT2D eigenvalue weighted by atomic mass is 10.1. The molecule has 0 N–H and O–H groups in total. The molecular formula is C13H17NO. The summed E-state index contributed by atoms with van der Waals surface area (Å²) >= 11 is 0. The number of aryl methyl sites for hydroxylation is 1. The molecule has 1 fully saturated rings. The Balaban J connectivity index is 2.16. The van der Waals surface area contributed by atoms with Gasteiger partial charge in [0.25, 0.3) is 0 Å². The molecule has 1 aromatic rings. The second kappa shape index (κ2) is 4.96. The maximum absolute atomic E-state index is 10.4. The van der Waals surface area contributed by atoms with Crippen LogP contribution in [0.1, 0.15) is 24.8 Å². The third-order valence-electron chi connectivity index (χ3n) is 2.97. The minimum atomic E-state index is 0.630. The molecule has 15 heavy (non-hydrogen) atoms. The van der Waals surface area contributed by atoms with Crippen LogP contribution in [0, 0.1) is 0 Å². The van der Waals surface area contributed by atoms with Gasteiger partial charge < -0.3 is 9.69 Å². The summed E-state index contributed by atoms with van der Waals surface area (Å²) in [5.41, 5.74) is 2.64. The highest BCUT2D eigenvalue weighted by atomic mass is 16.1. The number of para-hydroxylation sites is 1. The van der Waals surface area contributed by atoms with Crippen LogP contribution in [0.25, 0.3) is 0 Å². The molecule has 2 nitrogen and oxygen atoms in total. The van der Waals surface area contributed by atoms with Crippen molar-refractivity contribution in [3.8, 4) is 0 Å². The fraction of sp³-hybridized carbons (Fsp3) is 0.462. The van der Waals surface area contributed by atoms with Crippen LogP contribution in [0.2, 0.25) is 0 Å². The third-order valence-corrected chi connectivity index (χ3v) is 2.97. The van der Waals surface area contributed by atoms with E-state index < -0.39 is 0 Å². The van der Waals surface area contributed by atoms with E-state index in [1.54, 1.807) is 0 Å². The fourth-order valence-corrected chi connectivity index (χ4v) is 2.20. The Bertz CT molecular complexity index is 329. The highest BCUT2D eigenvalue weighted by Gasteiger charge is 2.14. The molecule has 1 heterocycles. The Labute approximate surface area is 90.9 Å². The predicted molar refractivity (Wildman–Crippen MR) is 62.3 cm³/mol. The van der Waals surface area contributed by atoms with Crippen molar-refractivity contribution < 1.29 is 4.79 Å². The molecule has 1 saturated heterocycles. The predicted octanol–water partition coefficient (Wildman–Crippen LogP) is 2.42. The van der Waals surface area contributed by atoms with E-state index in [0.717, 1.165) is 25.8 Å². The first kappa shape index (κ1) is 10.2. The monoisotopic (exact) mass is 203 g/mol. The van der Waals surface area contributed by atoms with E-state index >= 15 is 0 Å². The molecule has 0 saturated carbocycles. The van der Waals surface area contributed by atoms with E-state index in [1.165, 1.54) is 24.1 Å². The number of hydrogen-bond donors (Lipinski definition) is 0. The van der Waals surface area contributed by atoms with Gasteiger partial charge >= 0.3 is 0 Å². The van der Waals surface area contributed by atoms with E-state index in [0.29, 0.717) is 6.42 Å². The molecule has 0 radical (unpaired) electrons. The summed E-state index contributed by atoms with van der Waals surface area (Å²) in [5, 5.41) is 0. The van der Waals surface area contributed by atoms with Crippen molar-refractivity contribution in [2.24, 2.45) is 0 Å². The van der Waals surface area contributed by atoms with Crippen LogP contribution in [-0.2, 0) is 11.2 Å². The first-order valence-corrected chi connectivity index (χ1v) is 5.68. The zero-order chi connectivity index (χ0) is 10.5.